The Hall–Kier alpha value is -5.85. The van der Waals surface area contributed by atoms with Crippen molar-refractivity contribution in [1.29, 1.82) is 0 Å². The highest BCUT2D eigenvalue weighted by atomic mass is 32.1. The number of hydrogen-bond acceptors (Lipinski definition) is 5. The molecule has 0 radical (unpaired) electrons. The second-order valence-corrected chi connectivity index (χ2v) is 11.9. The van der Waals surface area contributed by atoms with E-state index in [1.807, 2.05) is 66.7 Å². The molecule has 0 aliphatic carbocycles. The van der Waals surface area contributed by atoms with Crippen molar-refractivity contribution in [2.45, 2.75) is 0 Å². The topological polar surface area (TPSA) is 56.7 Å². The van der Waals surface area contributed by atoms with Crippen LogP contribution in [0.5, 0.6) is 0 Å². The lowest BCUT2D eigenvalue weighted by Gasteiger charge is -2.11. The molecule has 4 heterocycles. The molecule has 6 aromatic carbocycles. The van der Waals surface area contributed by atoms with Gasteiger partial charge < -0.3 is 4.42 Å². The van der Waals surface area contributed by atoms with Crippen LogP contribution in [0.15, 0.2) is 138 Å². The van der Waals surface area contributed by atoms with Crippen LogP contribution in [0.4, 0.5) is 0 Å². The largest absolute Gasteiger partial charge is 0.456 e. The summed E-state index contributed by atoms with van der Waals surface area (Å²) < 4.78 is 62.3. The number of para-hydroxylation sites is 3. The summed E-state index contributed by atoms with van der Waals surface area (Å²) in [6, 6.07) is 29.5. The second-order valence-electron chi connectivity index (χ2n) is 10.8. The molecule has 0 bridgehead atoms. The second kappa shape index (κ2) is 9.32. The van der Waals surface area contributed by atoms with Gasteiger partial charge in [0, 0.05) is 52.8 Å². The molecule has 45 heavy (non-hydrogen) atoms. The van der Waals surface area contributed by atoms with E-state index in [2.05, 4.69) is 18.2 Å². The molecule has 6 heteroatoms. The molecular weight excluding hydrogens is 573 g/mol. The zero-order valence-electron chi connectivity index (χ0n) is 29.3. The van der Waals surface area contributed by atoms with Gasteiger partial charge in [0.1, 0.15) is 11.2 Å². The zero-order chi connectivity index (χ0) is 34.7. The average Bonchev–Trinajstić information content (AvgIpc) is 3.82. The van der Waals surface area contributed by atoms with Crippen LogP contribution < -0.4 is 0 Å². The molecule has 0 aliphatic rings. The molecule has 10 rings (SSSR count). The first-order valence-electron chi connectivity index (χ1n) is 17.4. The van der Waals surface area contributed by atoms with Crippen molar-refractivity contribution < 1.29 is 12.6 Å². The number of hydrogen-bond donors (Lipinski definition) is 0. The van der Waals surface area contributed by atoms with Gasteiger partial charge in [-0.05, 0) is 42.4 Å². The third kappa shape index (κ3) is 3.70. The standard InChI is InChI=1S/C39H22N4OS/c1-5-13-31-25(9-1)26-10-2-6-14-32(26)43(31)39-41-37(23-17-19-28-27-11-3-7-15-33(27)44-34(28)21-23)40-38(42-39)24-18-20-30-29-12-4-8-16-35(29)45-36(30)22-24/h1-22H/i1D,2D,9D,10D,13D,14D. The van der Waals surface area contributed by atoms with Crippen LogP contribution in [0.1, 0.15) is 8.22 Å². The van der Waals surface area contributed by atoms with Gasteiger partial charge in [-0.25, -0.2) is 4.98 Å². The van der Waals surface area contributed by atoms with Crippen LogP contribution in [0, 0.1) is 0 Å². The van der Waals surface area contributed by atoms with Crippen molar-refractivity contribution in [3.63, 3.8) is 0 Å². The number of benzene rings is 6. The number of rotatable bonds is 3. The van der Waals surface area contributed by atoms with Gasteiger partial charge in [-0.1, -0.05) is 90.9 Å². The van der Waals surface area contributed by atoms with Crippen LogP contribution in [-0.4, -0.2) is 19.5 Å². The van der Waals surface area contributed by atoms with E-state index in [1.165, 1.54) is 16.7 Å². The van der Waals surface area contributed by atoms with E-state index in [9.17, 15) is 0 Å². The van der Waals surface area contributed by atoms with E-state index in [1.54, 1.807) is 11.3 Å². The average molecular weight is 601 g/mol. The van der Waals surface area contributed by atoms with Crippen molar-refractivity contribution in [3.05, 3.63) is 133 Å². The van der Waals surface area contributed by atoms with E-state index in [4.69, 9.17) is 27.6 Å². The van der Waals surface area contributed by atoms with Crippen molar-refractivity contribution in [1.82, 2.24) is 19.5 Å². The van der Waals surface area contributed by atoms with Gasteiger partial charge in [0.25, 0.3) is 0 Å². The predicted octanol–water partition coefficient (Wildman–Crippen LogP) is 10.6. The van der Waals surface area contributed by atoms with Gasteiger partial charge in [0.2, 0.25) is 5.95 Å². The molecule has 4 aromatic heterocycles. The van der Waals surface area contributed by atoms with Gasteiger partial charge in [0.15, 0.2) is 11.6 Å². The first kappa shape index (κ1) is 19.4. The monoisotopic (exact) mass is 600 g/mol. The summed E-state index contributed by atoms with van der Waals surface area (Å²) in [6.45, 7) is 0. The molecule has 5 nitrogen and oxygen atoms in total. The van der Waals surface area contributed by atoms with E-state index < -0.39 is 0 Å². The summed E-state index contributed by atoms with van der Waals surface area (Å²) >= 11 is 1.67. The summed E-state index contributed by atoms with van der Waals surface area (Å²) in [5.41, 5.74) is 3.15. The van der Waals surface area contributed by atoms with Crippen LogP contribution in [-0.2, 0) is 0 Å². The maximum absolute atomic E-state index is 8.96. The lowest BCUT2D eigenvalue weighted by atomic mass is 10.1. The highest BCUT2D eigenvalue weighted by Gasteiger charge is 2.19. The summed E-state index contributed by atoms with van der Waals surface area (Å²) in [5, 5.41) is 4.48. The predicted molar refractivity (Wildman–Crippen MR) is 185 cm³/mol. The van der Waals surface area contributed by atoms with E-state index in [0.29, 0.717) is 22.8 Å². The molecule has 0 fully saturated rings. The van der Waals surface area contributed by atoms with Crippen LogP contribution in [0.3, 0.4) is 0 Å². The first-order valence-corrected chi connectivity index (χ1v) is 15.2. The van der Waals surface area contributed by atoms with E-state index in [-0.39, 0.29) is 64.0 Å². The Labute approximate surface area is 269 Å². The Morgan fingerprint density at radius 1 is 0.533 bits per heavy atom. The van der Waals surface area contributed by atoms with Crippen molar-refractivity contribution >= 4 is 75.3 Å². The summed E-state index contributed by atoms with van der Waals surface area (Å²) in [7, 11) is 0. The maximum atomic E-state index is 8.96. The summed E-state index contributed by atoms with van der Waals surface area (Å²) in [5.74, 6) is 0.735. The maximum Gasteiger partial charge on any atom is 0.238 e. The van der Waals surface area contributed by atoms with Gasteiger partial charge >= 0.3 is 0 Å². The quantitative estimate of drug-likeness (QED) is 0.202. The Balaban J connectivity index is 1.30. The lowest BCUT2D eigenvalue weighted by molar-refractivity contribution is 0.669. The van der Waals surface area contributed by atoms with E-state index >= 15 is 0 Å². The minimum Gasteiger partial charge on any atom is -0.456 e. The Kier molecular flexibility index (Phi) is 4.03. The molecular formula is C39H22N4OS. The molecule has 0 saturated heterocycles. The van der Waals surface area contributed by atoms with Crippen molar-refractivity contribution in [2.75, 3.05) is 0 Å². The van der Waals surface area contributed by atoms with Crippen molar-refractivity contribution in [3.8, 4) is 28.7 Å². The summed E-state index contributed by atoms with van der Waals surface area (Å²) in [4.78, 5) is 14.9. The molecule has 0 amide bonds. The first-order chi connectivity index (χ1) is 24.7. The summed E-state index contributed by atoms with van der Waals surface area (Å²) in [6.07, 6.45) is 0. The molecule has 0 spiro atoms. The highest BCUT2D eigenvalue weighted by molar-refractivity contribution is 7.25. The normalized spacial score (nSPS) is 13.9. The third-order valence-electron chi connectivity index (χ3n) is 8.22. The molecule has 0 N–H and O–H groups in total. The molecule has 0 aliphatic heterocycles. The number of thiophene rings is 1. The molecule has 0 unspecified atom stereocenters. The van der Waals surface area contributed by atoms with Gasteiger partial charge in [-0.2, -0.15) is 9.97 Å². The van der Waals surface area contributed by atoms with Crippen LogP contribution >= 0.6 is 11.3 Å². The van der Waals surface area contributed by atoms with Gasteiger partial charge in [-0.3, -0.25) is 4.57 Å². The zero-order valence-corrected chi connectivity index (χ0v) is 24.2. The van der Waals surface area contributed by atoms with Crippen LogP contribution in [0.2, 0.25) is 0 Å². The SMILES string of the molecule is [2H]c1cc([2H])c2c(c1[2H])c1c([2H])c([2H])cc([2H])c1n2-c1nc(-c2ccc3c(c2)oc2ccccc23)nc(-c2ccc3c(c2)sc2ccccc23)n1. The number of fused-ring (bicyclic) bond motifs is 9. The fraction of sp³-hybridized carbons (Fsp3) is 0. The minimum atomic E-state index is -0.205. The fourth-order valence-electron chi connectivity index (χ4n) is 6.17. The lowest BCUT2D eigenvalue weighted by Crippen LogP contribution is -2.06. The Morgan fingerprint density at radius 3 is 1.93 bits per heavy atom. The Bertz CT molecular complexity index is 2930. The van der Waals surface area contributed by atoms with Gasteiger partial charge in [0.05, 0.1) is 19.3 Å². The fourth-order valence-corrected chi connectivity index (χ4v) is 7.31. The smallest absolute Gasteiger partial charge is 0.238 e. The van der Waals surface area contributed by atoms with Crippen molar-refractivity contribution in [2.24, 2.45) is 0 Å². The number of aromatic nitrogens is 4. The van der Waals surface area contributed by atoms with Gasteiger partial charge in [-0.15, -0.1) is 11.3 Å². The molecule has 0 atom stereocenters. The van der Waals surface area contributed by atoms with E-state index in [0.717, 1.165) is 42.1 Å². The van der Waals surface area contributed by atoms with Crippen LogP contribution in [0.25, 0.3) is 92.6 Å². The number of furan rings is 1. The molecule has 210 valence electrons. The number of nitrogens with zero attached hydrogens (tertiary/aromatic N) is 4. The highest BCUT2D eigenvalue weighted by Crippen LogP contribution is 2.37. The third-order valence-corrected chi connectivity index (χ3v) is 9.36. The molecule has 0 saturated carbocycles. The molecule has 10 aromatic rings. The Morgan fingerprint density at radius 2 is 1.16 bits per heavy atom. The minimum absolute atomic E-state index is 0.0763.